The Morgan fingerprint density at radius 3 is 2.43 bits per heavy atom. The molecule has 0 aliphatic carbocycles. The van der Waals surface area contributed by atoms with Crippen LogP contribution in [0.25, 0.3) is 6.08 Å². The number of amides is 1. The van der Waals surface area contributed by atoms with Crippen molar-refractivity contribution < 1.29 is 28.7 Å². The molecule has 3 aromatic carbocycles. The van der Waals surface area contributed by atoms with Gasteiger partial charge in [0.15, 0.2) is 6.10 Å². The lowest BCUT2D eigenvalue weighted by Gasteiger charge is -2.14. The molecule has 0 heterocycles. The number of carbonyl (C=O) groups excluding carboxylic acids is 2. The number of hydrogen-bond donors (Lipinski definition) is 1. The van der Waals surface area contributed by atoms with Gasteiger partial charge in [-0.2, -0.15) is 0 Å². The molecule has 1 N–H and O–H groups in total. The molecular weight excluding hydrogens is 452 g/mol. The fourth-order valence-corrected chi connectivity index (χ4v) is 2.99. The van der Waals surface area contributed by atoms with Crippen molar-refractivity contribution in [1.29, 1.82) is 0 Å². The molecule has 3 aromatic rings. The minimum atomic E-state index is -1.15. The Bertz CT molecular complexity index is 1210. The average Bonchev–Trinajstić information content (AvgIpc) is 2.87. The van der Waals surface area contributed by atoms with Gasteiger partial charge in [0, 0.05) is 18.2 Å². The lowest BCUT2D eigenvalue weighted by molar-refractivity contribution is -0.384. The maximum Gasteiger partial charge on any atom is 0.331 e. The number of esters is 1. The van der Waals surface area contributed by atoms with E-state index in [2.05, 4.69) is 5.32 Å². The van der Waals surface area contributed by atoms with Crippen molar-refractivity contribution >= 4 is 29.3 Å². The van der Waals surface area contributed by atoms with E-state index >= 15 is 0 Å². The zero-order valence-corrected chi connectivity index (χ0v) is 19.2. The number of non-ortho nitro benzene ring substituents is 1. The van der Waals surface area contributed by atoms with E-state index in [1.165, 1.54) is 38.3 Å². The first-order chi connectivity index (χ1) is 16.9. The Kier molecular flexibility index (Phi) is 8.55. The van der Waals surface area contributed by atoms with Gasteiger partial charge in [-0.25, -0.2) is 4.79 Å². The van der Waals surface area contributed by atoms with Crippen molar-refractivity contribution in [3.63, 3.8) is 0 Å². The quantitative estimate of drug-likeness (QED) is 0.194. The lowest BCUT2D eigenvalue weighted by atomic mass is 10.2. The SMILES string of the molecule is COc1ccc([N+](=O)[O-])cc1NC(=O)C(C)OC(=O)/C=C/c1ccc(OCc2ccccc2)cc1. The highest BCUT2D eigenvalue weighted by atomic mass is 16.6. The topological polar surface area (TPSA) is 117 Å². The standard InChI is InChI=1S/C26H24N2O7/c1-18(26(30)27-23-16-21(28(31)32)11-14-24(23)33-2)35-25(29)15-10-19-8-12-22(13-9-19)34-17-20-6-4-3-5-7-20/h3-16,18H,17H2,1-2H3,(H,27,30)/b15-10+. The Morgan fingerprint density at radius 1 is 1.06 bits per heavy atom. The Labute approximate surface area is 202 Å². The van der Waals surface area contributed by atoms with Crippen molar-refractivity contribution in [2.75, 3.05) is 12.4 Å². The molecule has 1 unspecified atom stereocenters. The molecule has 0 bridgehead atoms. The van der Waals surface area contributed by atoms with Gasteiger partial charge in [0.1, 0.15) is 18.1 Å². The number of nitro benzene ring substituents is 1. The molecule has 0 fully saturated rings. The van der Waals surface area contributed by atoms with E-state index < -0.39 is 22.9 Å². The summed E-state index contributed by atoms with van der Waals surface area (Å²) in [6.45, 7) is 1.84. The maximum absolute atomic E-state index is 12.4. The van der Waals surface area contributed by atoms with Crippen LogP contribution in [0.15, 0.2) is 78.9 Å². The summed E-state index contributed by atoms with van der Waals surface area (Å²) in [6, 6.07) is 20.7. The second-order valence-electron chi connectivity index (χ2n) is 7.39. The zero-order chi connectivity index (χ0) is 25.2. The van der Waals surface area contributed by atoms with Crippen molar-refractivity contribution in [2.45, 2.75) is 19.6 Å². The van der Waals surface area contributed by atoms with Gasteiger partial charge in [-0.05, 0) is 42.3 Å². The van der Waals surface area contributed by atoms with Gasteiger partial charge in [0.05, 0.1) is 17.7 Å². The van der Waals surface area contributed by atoms with E-state index in [0.29, 0.717) is 12.4 Å². The van der Waals surface area contributed by atoms with Crippen LogP contribution in [0.4, 0.5) is 11.4 Å². The molecule has 3 rings (SSSR count). The van der Waals surface area contributed by atoms with Gasteiger partial charge in [-0.15, -0.1) is 0 Å². The summed E-state index contributed by atoms with van der Waals surface area (Å²) in [7, 11) is 1.37. The predicted octanol–water partition coefficient (Wildman–Crippen LogP) is 4.77. The molecule has 0 radical (unpaired) electrons. The number of methoxy groups -OCH3 is 1. The largest absolute Gasteiger partial charge is 0.495 e. The second-order valence-corrected chi connectivity index (χ2v) is 7.39. The summed E-state index contributed by atoms with van der Waals surface area (Å²) < 4.78 is 16.0. The Hall–Kier alpha value is -4.66. The van der Waals surface area contributed by atoms with Gasteiger partial charge in [-0.1, -0.05) is 42.5 Å². The average molecular weight is 476 g/mol. The summed E-state index contributed by atoms with van der Waals surface area (Å²) in [5.74, 6) is -0.456. The van der Waals surface area contributed by atoms with Crippen LogP contribution in [-0.4, -0.2) is 30.0 Å². The number of nitrogens with one attached hydrogen (secondary N) is 1. The molecule has 0 aromatic heterocycles. The highest BCUT2D eigenvalue weighted by Crippen LogP contribution is 2.29. The smallest absolute Gasteiger partial charge is 0.331 e. The van der Waals surface area contributed by atoms with Gasteiger partial charge >= 0.3 is 5.97 Å². The third kappa shape index (κ3) is 7.43. The van der Waals surface area contributed by atoms with E-state index in [4.69, 9.17) is 14.2 Å². The van der Waals surface area contributed by atoms with Gasteiger partial charge < -0.3 is 19.5 Å². The number of ether oxygens (including phenoxy) is 3. The predicted molar refractivity (Wildman–Crippen MR) is 130 cm³/mol. The monoisotopic (exact) mass is 476 g/mol. The van der Waals surface area contributed by atoms with E-state index in [1.54, 1.807) is 30.3 Å². The molecule has 0 saturated carbocycles. The molecule has 0 aliphatic heterocycles. The summed E-state index contributed by atoms with van der Waals surface area (Å²) in [6.07, 6.45) is 1.61. The fourth-order valence-electron chi connectivity index (χ4n) is 2.99. The van der Waals surface area contributed by atoms with E-state index in [-0.39, 0.29) is 17.1 Å². The Balaban J connectivity index is 1.52. The summed E-state index contributed by atoms with van der Waals surface area (Å²) in [5, 5.41) is 13.5. The van der Waals surface area contributed by atoms with E-state index in [1.807, 2.05) is 30.3 Å². The van der Waals surface area contributed by atoms with Crippen LogP contribution >= 0.6 is 0 Å². The minimum absolute atomic E-state index is 0.0970. The maximum atomic E-state index is 12.4. The van der Waals surface area contributed by atoms with Crippen LogP contribution in [0.3, 0.4) is 0 Å². The Morgan fingerprint density at radius 2 is 1.77 bits per heavy atom. The number of anilines is 1. The van der Waals surface area contributed by atoms with Crippen molar-refractivity contribution in [2.24, 2.45) is 0 Å². The number of hydrogen-bond acceptors (Lipinski definition) is 7. The third-order valence-corrected chi connectivity index (χ3v) is 4.85. The highest BCUT2D eigenvalue weighted by molar-refractivity contribution is 5.97. The first kappa shape index (κ1) is 25.0. The first-order valence-corrected chi connectivity index (χ1v) is 10.6. The molecule has 180 valence electrons. The number of benzene rings is 3. The minimum Gasteiger partial charge on any atom is -0.495 e. The van der Waals surface area contributed by atoms with Gasteiger partial charge in [-0.3, -0.25) is 14.9 Å². The summed E-state index contributed by atoms with van der Waals surface area (Å²) in [5.41, 5.74) is 1.68. The number of nitrogens with zero attached hydrogens (tertiary/aromatic N) is 1. The molecule has 9 nitrogen and oxygen atoms in total. The van der Waals surface area contributed by atoms with Crippen molar-refractivity contribution in [3.05, 3.63) is 100 Å². The fraction of sp³-hybridized carbons (Fsp3) is 0.154. The normalized spacial score (nSPS) is 11.5. The molecule has 1 atom stereocenters. The van der Waals surface area contributed by atoms with Crippen LogP contribution in [-0.2, 0) is 20.9 Å². The van der Waals surface area contributed by atoms with Crippen molar-refractivity contribution in [3.8, 4) is 11.5 Å². The first-order valence-electron chi connectivity index (χ1n) is 10.6. The lowest BCUT2D eigenvalue weighted by Crippen LogP contribution is -2.29. The van der Waals surface area contributed by atoms with Crippen LogP contribution in [0.2, 0.25) is 0 Å². The highest BCUT2D eigenvalue weighted by Gasteiger charge is 2.20. The summed E-state index contributed by atoms with van der Waals surface area (Å²) >= 11 is 0. The van der Waals surface area contributed by atoms with Crippen LogP contribution < -0.4 is 14.8 Å². The second kappa shape index (κ2) is 12.0. The van der Waals surface area contributed by atoms with Gasteiger partial charge in [0.25, 0.3) is 11.6 Å². The number of rotatable bonds is 10. The molecular formula is C26H24N2O7. The summed E-state index contributed by atoms with van der Waals surface area (Å²) in [4.78, 5) is 35.0. The molecule has 35 heavy (non-hydrogen) atoms. The van der Waals surface area contributed by atoms with Crippen LogP contribution in [0.1, 0.15) is 18.1 Å². The molecule has 0 spiro atoms. The third-order valence-electron chi connectivity index (χ3n) is 4.85. The van der Waals surface area contributed by atoms with Gasteiger partial charge in [0.2, 0.25) is 0 Å². The number of carbonyl (C=O) groups is 2. The van der Waals surface area contributed by atoms with Crippen LogP contribution in [0, 0.1) is 10.1 Å². The molecule has 0 aliphatic rings. The van der Waals surface area contributed by atoms with Crippen LogP contribution in [0.5, 0.6) is 11.5 Å². The molecule has 1 amide bonds. The van der Waals surface area contributed by atoms with Crippen molar-refractivity contribution in [1.82, 2.24) is 0 Å². The zero-order valence-electron chi connectivity index (χ0n) is 19.2. The molecule has 0 saturated heterocycles. The van der Waals surface area contributed by atoms with E-state index in [0.717, 1.165) is 11.1 Å². The molecule has 9 heteroatoms. The number of nitro groups is 1. The van der Waals surface area contributed by atoms with E-state index in [9.17, 15) is 19.7 Å².